The quantitative estimate of drug-likeness (QED) is 0.528. The zero-order chi connectivity index (χ0) is 5.82. The van der Waals surface area contributed by atoms with Crippen LogP contribution in [0.5, 0.6) is 0 Å². The molecule has 0 aliphatic heterocycles. The summed E-state index contributed by atoms with van der Waals surface area (Å²) in [5.74, 6) is 0. The molecule has 0 unspecified atom stereocenters. The van der Waals surface area contributed by atoms with Gasteiger partial charge in [-0.25, -0.2) is 0 Å². The monoisotopic (exact) mass is 139 g/mol. The van der Waals surface area contributed by atoms with Crippen LogP contribution in [-0.4, -0.2) is 0 Å². The Kier molecular flexibility index (Phi) is 2.13. The molecular weight excluding hydrogens is 134 g/mol. The van der Waals surface area contributed by atoms with Crippen LogP contribution in [-0.2, 0) is 20.3 Å². The van der Waals surface area contributed by atoms with Crippen LogP contribution in [0.25, 0.3) is 0 Å². The molecule has 0 atom stereocenters. The number of benzene rings is 1. The van der Waals surface area contributed by atoms with Crippen LogP contribution >= 0.6 is 0 Å². The molecule has 1 rings (SSSR count). The van der Waals surface area contributed by atoms with Gasteiger partial charge in [-0.3, -0.25) is 0 Å². The maximum atomic E-state index is 3.97. The van der Waals surface area contributed by atoms with Gasteiger partial charge in [-0.2, -0.15) is 0 Å². The normalized spacial score (nSPS) is 8.75. The Bertz CT molecular complexity index is 171. The molecule has 8 heavy (non-hydrogen) atoms. The van der Waals surface area contributed by atoms with E-state index in [1.807, 2.05) is 30.3 Å². The summed E-state index contributed by atoms with van der Waals surface area (Å²) >= 11 is 1.79. The van der Waals surface area contributed by atoms with Crippen LogP contribution in [0.15, 0.2) is 33.7 Å². The number of hydrogen-bond acceptors (Lipinski definition) is 1. The first-order valence-electron chi connectivity index (χ1n) is 2.36. The molecule has 1 nitrogen and oxygen atoms in total. The van der Waals surface area contributed by atoms with Gasteiger partial charge >= 0.3 is 59.7 Å². The Morgan fingerprint density at radius 1 is 1.12 bits per heavy atom. The second-order valence-electron chi connectivity index (χ2n) is 1.45. The van der Waals surface area contributed by atoms with Crippen molar-refractivity contribution < 1.29 is 20.3 Å². The maximum absolute atomic E-state index is 3.97. The summed E-state index contributed by atoms with van der Waals surface area (Å²) in [6.45, 7) is 0. The molecule has 0 saturated heterocycles. The van der Waals surface area contributed by atoms with Gasteiger partial charge in [0, 0.05) is 0 Å². The van der Waals surface area contributed by atoms with Crippen molar-refractivity contribution in [3.05, 3.63) is 30.3 Å². The van der Waals surface area contributed by atoms with Crippen LogP contribution < -0.4 is 0 Å². The van der Waals surface area contributed by atoms with Gasteiger partial charge in [-0.05, 0) is 0 Å². The van der Waals surface area contributed by atoms with Crippen LogP contribution in [0.2, 0.25) is 0 Å². The Balaban J connectivity index is 2.99. The first kappa shape index (κ1) is 5.86. The van der Waals surface area contributed by atoms with Gasteiger partial charge in [-0.15, -0.1) is 0 Å². The molecule has 0 amide bonds. The van der Waals surface area contributed by atoms with Crippen molar-refractivity contribution >= 4 is 5.69 Å². The fraction of sp³-hybridized carbons (Fsp3) is 0. The van der Waals surface area contributed by atoms with E-state index in [2.05, 4.69) is 3.42 Å². The van der Waals surface area contributed by atoms with E-state index in [-0.39, 0.29) is 0 Å². The van der Waals surface area contributed by atoms with Crippen molar-refractivity contribution in [2.75, 3.05) is 0 Å². The summed E-state index contributed by atoms with van der Waals surface area (Å²) in [7, 11) is 0. The second-order valence-corrected chi connectivity index (χ2v) is 1.80. The van der Waals surface area contributed by atoms with Gasteiger partial charge in [0.05, 0.1) is 0 Å². The van der Waals surface area contributed by atoms with Crippen LogP contribution in [0.4, 0.5) is 5.69 Å². The topological polar surface area (TPSA) is 12.4 Å². The van der Waals surface area contributed by atoms with E-state index in [4.69, 9.17) is 0 Å². The molecule has 0 radical (unpaired) electrons. The molecule has 0 aromatic heterocycles. The molecule has 0 bridgehead atoms. The van der Waals surface area contributed by atoms with Crippen molar-refractivity contribution in [2.24, 2.45) is 3.42 Å². The Hall–Kier alpha value is -0.266. The fourth-order valence-electron chi connectivity index (χ4n) is 0.503. The van der Waals surface area contributed by atoms with E-state index in [0.717, 1.165) is 5.69 Å². The summed E-state index contributed by atoms with van der Waals surface area (Å²) in [4.78, 5) is 0. The van der Waals surface area contributed by atoms with Crippen LogP contribution in [0, 0.1) is 0 Å². The van der Waals surface area contributed by atoms with Gasteiger partial charge in [0.1, 0.15) is 0 Å². The molecule has 1 aromatic rings. The first-order valence-corrected chi connectivity index (χ1v) is 3.06. The zero-order valence-corrected chi connectivity index (χ0v) is 5.90. The molecule has 0 aliphatic rings. The van der Waals surface area contributed by atoms with E-state index >= 15 is 0 Å². The minimum atomic E-state index is 1.03. The van der Waals surface area contributed by atoms with Crippen LogP contribution in [0.3, 0.4) is 0 Å². The Morgan fingerprint density at radius 3 is 2.12 bits per heavy atom. The van der Waals surface area contributed by atoms with Crippen molar-refractivity contribution in [3.8, 4) is 0 Å². The summed E-state index contributed by atoms with van der Waals surface area (Å²) in [6, 6.07) is 9.87. The van der Waals surface area contributed by atoms with E-state index < -0.39 is 0 Å². The van der Waals surface area contributed by atoms with Gasteiger partial charge in [0.2, 0.25) is 0 Å². The first-order chi connectivity index (χ1) is 3.93. The molecule has 0 heterocycles. The second kappa shape index (κ2) is 2.90. The van der Waals surface area contributed by atoms with Gasteiger partial charge in [0.25, 0.3) is 0 Å². The Morgan fingerprint density at radius 2 is 1.75 bits per heavy atom. The minimum absolute atomic E-state index is 1.03. The average molecular weight is 139 g/mol. The van der Waals surface area contributed by atoms with Crippen molar-refractivity contribution in [1.29, 1.82) is 0 Å². The van der Waals surface area contributed by atoms with Crippen molar-refractivity contribution in [3.63, 3.8) is 0 Å². The third-order valence-electron chi connectivity index (χ3n) is 0.885. The summed E-state index contributed by atoms with van der Waals surface area (Å²) in [5, 5.41) is 0. The third-order valence-corrected chi connectivity index (χ3v) is 1.29. The molecule has 36 valence electrons. The summed E-state index contributed by atoms with van der Waals surface area (Å²) < 4.78 is 3.97. The average Bonchev–Trinajstić information content (AvgIpc) is 1.90. The zero-order valence-electron chi connectivity index (χ0n) is 4.33. The SMILES string of the molecule is [Ti+2]=[N]c1ccccc1. The van der Waals surface area contributed by atoms with Crippen LogP contribution in [0.1, 0.15) is 0 Å². The van der Waals surface area contributed by atoms with Gasteiger partial charge in [-0.1, -0.05) is 0 Å². The number of hydrogen-bond donors (Lipinski definition) is 0. The molecule has 2 heteroatoms. The fourth-order valence-corrected chi connectivity index (χ4v) is 0.735. The summed E-state index contributed by atoms with van der Waals surface area (Å²) in [5.41, 5.74) is 1.03. The predicted molar refractivity (Wildman–Crippen MR) is 28.5 cm³/mol. The number of rotatable bonds is 1. The predicted octanol–water partition coefficient (Wildman–Crippen LogP) is 2.05. The van der Waals surface area contributed by atoms with E-state index in [9.17, 15) is 0 Å². The van der Waals surface area contributed by atoms with Gasteiger partial charge < -0.3 is 0 Å². The van der Waals surface area contributed by atoms with E-state index in [1.165, 1.54) is 0 Å². The number of nitrogens with zero attached hydrogens (tertiary/aromatic N) is 1. The molecule has 0 fully saturated rings. The van der Waals surface area contributed by atoms with E-state index in [0.29, 0.717) is 0 Å². The molecule has 0 aliphatic carbocycles. The summed E-state index contributed by atoms with van der Waals surface area (Å²) in [6.07, 6.45) is 0. The van der Waals surface area contributed by atoms with Crippen molar-refractivity contribution in [1.82, 2.24) is 0 Å². The standard InChI is InChI=1S/C6H5N.Ti/c7-6-4-2-1-3-5-6;/h1-5H;/q;+2. The molecular formula is C6H5NTi+2. The van der Waals surface area contributed by atoms with Gasteiger partial charge in [0.15, 0.2) is 0 Å². The Labute approximate surface area is 60.0 Å². The third kappa shape index (κ3) is 1.36. The van der Waals surface area contributed by atoms with E-state index in [1.54, 1.807) is 20.3 Å². The molecule has 1 aromatic carbocycles. The molecule has 0 N–H and O–H groups in total. The molecule has 0 saturated carbocycles. The van der Waals surface area contributed by atoms with Crippen molar-refractivity contribution in [2.45, 2.75) is 0 Å². The molecule has 0 spiro atoms.